The normalized spacial score (nSPS) is 17.6. The molecule has 1 N–H and O–H groups in total. The van der Waals surface area contributed by atoms with Crippen molar-refractivity contribution in [3.8, 4) is 0 Å². The molecule has 21 heavy (non-hydrogen) atoms. The average molecular weight is 312 g/mol. The maximum Gasteiger partial charge on any atom is 0.337 e. The smallest absolute Gasteiger partial charge is 0.337 e. The van der Waals surface area contributed by atoms with E-state index in [1.165, 1.54) is 35.7 Å². The standard InChI is InChI=1S/C14H20N2O4S/c1-15-12-7-9-16(10-8-12)21(18,19)13-5-3-11(4-6-13)14(17)20-2/h3-6,12,15H,7-10H2,1-2H3. The van der Waals surface area contributed by atoms with E-state index in [4.69, 9.17) is 0 Å². The van der Waals surface area contributed by atoms with Gasteiger partial charge < -0.3 is 10.1 Å². The van der Waals surface area contributed by atoms with Crippen molar-refractivity contribution in [1.29, 1.82) is 0 Å². The van der Waals surface area contributed by atoms with Crippen LogP contribution in [0.1, 0.15) is 23.2 Å². The molecule has 0 aliphatic carbocycles. The van der Waals surface area contributed by atoms with Crippen LogP contribution in [0.15, 0.2) is 29.2 Å². The summed E-state index contributed by atoms with van der Waals surface area (Å²) < 4.78 is 31.1. The van der Waals surface area contributed by atoms with Gasteiger partial charge in [0.25, 0.3) is 0 Å². The van der Waals surface area contributed by atoms with Gasteiger partial charge in [-0.1, -0.05) is 0 Å². The first-order chi connectivity index (χ1) is 9.98. The van der Waals surface area contributed by atoms with Crippen LogP contribution < -0.4 is 5.32 Å². The van der Waals surface area contributed by atoms with E-state index in [1.54, 1.807) is 0 Å². The number of carbonyl (C=O) groups is 1. The fourth-order valence-electron chi connectivity index (χ4n) is 2.41. The van der Waals surface area contributed by atoms with Crippen LogP contribution in [0.25, 0.3) is 0 Å². The van der Waals surface area contributed by atoms with Gasteiger partial charge in [0.05, 0.1) is 17.6 Å². The third kappa shape index (κ3) is 3.42. The number of sulfonamides is 1. The second-order valence-corrected chi connectivity index (χ2v) is 6.92. The molecule has 1 heterocycles. The van der Waals surface area contributed by atoms with E-state index in [1.807, 2.05) is 7.05 Å². The third-order valence-corrected chi connectivity index (χ3v) is 5.69. The van der Waals surface area contributed by atoms with Crippen molar-refractivity contribution in [3.05, 3.63) is 29.8 Å². The fraction of sp³-hybridized carbons (Fsp3) is 0.500. The molecule has 0 atom stereocenters. The summed E-state index contributed by atoms with van der Waals surface area (Å²) in [6, 6.07) is 6.22. The molecule has 0 radical (unpaired) electrons. The number of rotatable bonds is 4. The number of hydrogen-bond donors (Lipinski definition) is 1. The topological polar surface area (TPSA) is 75.7 Å². The van der Waals surface area contributed by atoms with Crippen molar-refractivity contribution in [2.24, 2.45) is 0 Å². The SMILES string of the molecule is CNC1CCN(S(=O)(=O)c2ccc(C(=O)OC)cc2)CC1. The molecule has 1 saturated heterocycles. The van der Waals surface area contributed by atoms with Gasteiger partial charge >= 0.3 is 5.97 Å². The number of ether oxygens (including phenoxy) is 1. The van der Waals surface area contributed by atoms with Gasteiger partial charge in [-0.15, -0.1) is 0 Å². The minimum atomic E-state index is -3.49. The second kappa shape index (κ2) is 6.55. The minimum absolute atomic E-state index is 0.207. The van der Waals surface area contributed by atoms with Gasteiger partial charge in [-0.3, -0.25) is 0 Å². The van der Waals surface area contributed by atoms with Crippen molar-refractivity contribution in [1.82, 2.24) is 9.62 Å². The van der Waals surface area contributed by atoms with Crippen LogP contribution in [0.2, 0.25) is 0 Å². The fourth-order valence-corrected chi connectivity index (χ4v) is 3.88. The molecule has 0 amide bonds. The lowest BCUT2D eigenvalue weighted by Crippen LogP contribution is -2.43. The molecule has 0 saturated carbocycles. The molecule has 1 fully saturated rings. The van der Waals surface area contributed by atoms with E-state index in [-0.39, 0.29) is 4.90 Å². The molecule has 1 aliphatic heterocycles. The number of hydrogen-bond acceptors (Lipinski definition) is 5. The highest BCUT2D eigenvalue weighted by Gasteiger charge is 2.28. The Morgan fingerprint density at radius 2 is 1.81 bits per heavy atom. The van der Waals surface area contributed by atoms with Crippen LogP contribution in [-0.2, 0) is 14.8 Å². The summed E-state index contributed by atoms with van der Waals surface area (Å²) in [6.07, 6.45) is 1.60. The number of carbonyl (C=O) groups excluding carboxylic acids is 1. The zero-order valence-corrected chi connectivity index (χ0v) is 13.0. The summed E-state index contributed by atoms with van der Waals surface area (Å²) in [4.78, 5) is 11.6. The van der Waals surface area contributed by atoms with Gasteiger partial charge in [0.1, 0.15) is 0 Å². The van der Waals surface area contributed by atoms with Gasteiger partial charge in [0.2, 0.25) is 10.0 Å². The Kier molecular flexibility index (Phi) is 4.97. The number of benzene rings is 1. The summed E-state index contributed by atoms with van der Waals surface area (Å²) in [5.41, 5.74) is 0.338. The van der Waals surface area contributed by atoms with Crippen molar-refractivity contribution in [2.45, 2.75) is 23.8 Å². The van der Waals surface area contributed by atoms with Crippen molar-refractivity contribution >= 4 is 16.0 Å². The lowest BCUT2D eigenvalue weighted by molar-refractivity contribution is 0.0600. The highest BCUT2D eigenvalue weighted by Crippen LogP contribution is 2.21. The molecule has 1 aliphatic rings. The van der Waals surface area contributed by atoms with Gasteiger partial charge in [-0.25, -0.2) is 13.2 Å². The number of piperidine rings is 1. The van der Waals surface area contributed by atoms with Crippen LogP contribution >= 0.6 is 0 Å². The summed E-state index contributed by atoms with van der Waals surface area (Å²) in [5.74, 6) is -0.478. The Labute approximate surface area is 125 Å². The zero-order valence-electron chi connectivity index (χ0n) is 12.2. The first kappa shape index (κ1) is 15.9. The molecule has 0 unspecified atom stereocenters. The Morgan fingerprint density at radius 1 is 1.24 bits per heavy atom. The molecule has 116 valence electrons. The summed E-state index contributed by atoms with van der Waals surface area (Å²) in [7, 11) is -0.310. The van der Waals surface area contributed by atoms with Crippen molar-refractivity contribution in [2.75, 3.05) is 27.2 Å². The molecular formula is C14H20N2O4S. The number of methoxy groups -OCH3 is 1. The van der Waals surface area contributed by atoms with Crippen LogP contribution in [0, 0.1) is 0 Å². The Balaban J connectivity index is 2.14. The second-order valence-electron chi connectivity index (χ2n) is 4.98. The van der Waals surface area contributed by atoms with Gasteiger partial charge in [0, 0.05) is 19.1 Å². The monoisotopic (exact) mass is 312 g/mol. The van der Waals surface area contributed by atoms with Crippen LogP contribution in [0.3, 0.4) is 0 Å². The molecule has 2 rings (SSSR count). The predicted octanol–water partition coefficient (Wildman–Crippen LogP) is 0.846. The summed E-state index contributed by atoms with van der Waals surface area (Å²) >= 11 is 0. The summed E-state index contributed by atoms with van der Waals surface area (Å²) in [5, 5.41) is 3.17. The van der Waals surface area contributed by atoms with Crippen molar-refractivity contribution < 1.29 is 17.9 Å². The van der Waals surface area contributed by atoms with E-state index in [9.17, 15) is 13.2 Å². The molecular weight excluding hydrogens is 292 g/mol. The maximum atomic E-state index is 12.5. The average Bonchev–Trinajstić information content (AvgIpc) is 2.54. The molecule has 6 nitrogen and oxygen atoms in total. The molecule has 0 bridgehead atoms. The largest absolute Gasteiger partial charge is 0.465 e. The van der Waals surface area contributed by atoms with Gasteiger partial charge in [-0.2, -0.15) is 4.31 Å². The lowest BCUT2D eigenvalue weighted by atomic mass is 10.1. The van der Waals surface area contributed by atoms with E-state index in [0.717, 1.165) is 12.8 Å². The first-order valence-corrected chi connectivity index (χ1v) is 8.29. The summed E-state index contributed by atoms with van der Waals surface area (Å²) in [6.45, 7) is 1.01. The molecule has 0 spiro atoms. The first-order valence-electron chi connectivity index (χ1n) is 6.85. The van der Waals surface area contributed by atoms with Crippen LogP contribution in [0.5, 0.6) is 0 Å². The van der Waals surface area contributed by atoms with Gasteiger partial charge in [0.15, 0.2) is 0 Å². The predicted molar refractivity (Wildman–Crippen MR) is 78.6 cm³/mol. The molecule has 1 aromatic rings. The van der Waals surface area contributed by atoms with E-state index in [0.29, 0.717) is 24.7 Å². The van der Waals surface area contributed by atoms with Crippen LogP contribution in [-0.4, -0.2) is 52.0 Å². The number of nitrogens with one attached hydrogen (secondary N) is 1. The molecule has 7 heteroatoms. The van der Waals surface area contributed by atoms with E-state index in [2.05, 4.69) is 10.1 Å². The highest BCUT2D eigenvalue weighted by molar-refractivity contribution is 7.89. The Morgan fingerprint density at radius 3 is 2.29 bits per heavy atom. The Hall–Kier alpha value is -1.44. The minimum Gasteiger partial charge on any atom is -0.465 e. The lowest BCUT2D eigenvalue weighted by Gasteiger charge is -2.30. The van der Waals surface area contributed by atoms with Gasteiger partial charge in [-0.05, 0) is 44.2 Å². The Bertz CT molecular complexity index is 590. The van der Waals surface area contributed by atoms with Crippen molar-refractivity contribution in [3.63, 3.8) is 0 Å². The quantitative estimate of drug-likeness (QED) is 0.834. The third-order valence-electron chi connectivity index (χ3n) is 3.78. The molecule has 1 aromatic carbocycles. The highest BCUT2D eigenvalue weighted by atomic mass is 32.2. The number of nitrogens with zero attached hydrogens (tertiary/aromatic N) is 1. The maximum absolute atomic E-state index is 12.5. The zero-order chi connectivity index (χ0) is 15.5. The van der Waals surface area contributed by atoms with E-state index >= 15 is 0 Å². The molecule has 0 aromatic heterocycles. The van der Waals surface area contributed by atoms with E-state index < -0.39 is 16.0 Å². The number of esters is 1. The van der Waals surface area contributed by atoms with Crippen LogP contribution in [0.4, 0.5) is 0 Å².